The van der Waals surface area contributed by atoms with Crippen LogP contribution >= 0.6 is 0 Å². The van der Waals surface area contributed by atoms with E-state index in [1.54, 1.807) is 24.3 Å². The normalized spacial score (nSPS) is 29.1. The van der Waals surface area contributed by atoms with Crippen LogP contribution in [0.3, 0.4) is 0 Å². The maximum atomic E-state index is 12.5. The van der Waals surface area contributed by atoms with Crippen molar-refractivity contribution in [2.75, 3.05) is 0 Å². The molecule has 1 N–H and O–H groups in total. The molecule has 0 aromatic heterocycles. The number of hydrogen-bond donors (Lipinski definition) is 1. The number of carboxylic acid groups (broad SMARTS) is 1. The van der Waals surface area contributed by atoms with Gasteiger partial charge in [0.15, 0.2) is 0 Å². The average molecular weight is 330 g/mol. The minimum absolute atomic E-state index is 0.296. The zero-order valence-corrected chi connectivity index (χ0v) is 14.3. The molecule has 0 amide bonds. The van der Waals surface area contributed by atoms with Crippen LogP contribution in [0.15, 0.2) is 30.3 Å². The fourth-order valence-electron chi connectivity index (χ4n) is 4.88. The van der Waals surface area contributed by atoms with Crippen molar-refractivity contribution in [1.29, 1.82) is 0 Å². The Morgan fingerprint density at radius 2 is 1.71 bits per heavy atom. The third-order valence-electron chi connectivity index (χ3n) is 6.26. The molecule has 1 aromatic carbocycles. The molecule has 4 heteroatoms. The van der Waals surface area contributed by atoms with Gasteiger partial charge in [-0.25, -0.2) is 4.79 Å². The van der Waals surface area contributed by atoms with Crippen molar-refractivity contribution in [2.45, 2.75) is 64.4 Å². The zero-order valence-electron chi connectivity index (χ0n) is 14.3. The summed E-state index contributed by atoms with van der Waals surface area (Å²) in [6.45, 7) is 2.09. The van der Waals surface area contributed by atoms with Crippen molar-refractivity contribution in [3.05, 3.63) is 35.9 Å². The van der Waals surface area contributed by atoms with Crippen LogP contribution in [0.2, 0.25) is 0 Å². The Kier molecular flexibility index (Phi) is 4.66. The Labute approximate surface area is 143 Å². The van der Waals surface area contributed by atoms with Gasteiger partial charge in [-0.2, -0.15) is 0 Å². The molecule has 0 aliphatic heterocycles. The number of benzene rings is 1. The second-order valence-corrected chi connectivity index (χ2v) is 7.55. The van der Waals surface area contributed by atoms with E-state index in [0.717, 1.165) is 32.1 Å². The monoisotopic (exact) mass is 330 g/mol. The van der Waals surface area contributed by atoms with Crippen molar-refractivity contribution < 1.29 is 19.4 Å². The summed E-state index contributed by atoms with van der Waals surface area (Å²) in [4.78, 5) is 24.8. The van der Waals surface area contributed by atoms with Gasteiger partial charge in [0.05, 0.1) is 5.56 Å². The number of aliphatic carboxylic acids is 1. The van der Waals surface area contributed by atoms with Gasteiger partial charge in [-0.05, 0) is 49.7 Å². The molecule has 130 valence electrons. The van der Waals surface area contributed by atoms with E-state index in [9.17, 15) is 14.7 Å². The van der Waals surface area contributed by atoms with E-state index >= 15 is 0 Å². The highest BCUT2D eigenvalue weighted by molar-refractivity contribution is 5.90. The molecule has 2 aliphatic rings. The van der Waals surface area contributed by atoms with Crippen LogP contribution in [0, 0.1) is 10.8 Å². The first kappa shape index (κ1) is 17.0. The van der Waals surface area contributed by atoms with Crippen LogP contribution in [-0.4, -0.2) is 23.1 Å². The summed E-state index contributed by atoms with van der Waals surface area (Å²) in [6, 6.07) is 8.84. The molecule has 0 radical (unpaired) electrons. The Morgan fingerprint density at radius 3 is 2.33 bits per heavy atom. The van der Waals surface area contributed by atoms with Crippen LogP contribution in [0.25, 0.3) is 0 Å². The molecule has 0 saturated heterocycles. The predicted octanol–water partition coefficient (Wildman–Crippen LogP) is 4.44. The Hall–Kier alpha value is -1.84. The first-order valence-corrected chi connectivity index (χ1v) is 8.99. The predicted molar refractivity (Wildman–Crippen MR) is 90.8 cm³/mol. The molecular formula is C20H26O4. The largest absolute Gasteiger partial charge is 0.481 e. The fourth-order valence-corrected chi connectivity index (χ4v) is 4.88. The van der Waals surface area contributed by atoms with Crippen molar-refractivity contribution in [1.82, 2.24) is 0 Å². The van der Waals surface area contributed by atoms with E-state index in [4.69, 9.17) is 4.74 Å². The van der Waals surface area contributed by atoms with Gasteiger partial charge in [0.1, 0.15) is 11.5 Å². The lowest BCUT2D eigenvalue weighted by atomic mass is 9.56. The lowest BCUT2D eigenvalue weighted by Crippen LogP contribution is -2.53. The number of hydrogen-bond acceptors (Lipinski definition) is 3. The summed E-state index contributed by atoms with van der Waals surface area (Å²) in [5.41, 5.74) is -0.759. The van der Waals surface area contributed by atoms with Gasteiger partial charge in [0.2, 0.25) is 0 Å². The first-order valence-electron chi connectivity index (χ1n) is 8.99. The van der Waals surface area contributed by atoms with Gasteiger partial charge in [0, 0.05) is 0 Å². The third kappa shape index (κ3) is 2.72. The lowest BCUT2D eigenvalue weighted by molar-refractivity contribution is -0.171. The van der Waals surface area contributed by atoms with Gasteiger partial charge in [-0.1, -0.05) is 44.4 Å². The van der Waals surface area contributed by atoms with Crippen LogP contribution in [0.4, 0.5) is 0 Å². The number of rotatable bonds is 4. The van der Waals surface area contributed by atoms with Gasteiger partial charge in [-0.3, -0.25) is 4.79 Å². The minimum Gasteiger partial charge on any atom is -0.481 e. The molecule has 4 nitrogen and oxygen atoms in total. The van der Waals surface area contributed by atoms with E-state index in [1.165, 1.54) is 6.42 Å². The van der Waals surface area contributed by atoms with E-state index < -0.39 is 23.5 Å². The maximum absolute atomic E-state index is 12.5. The number of carbonyl (C=O) groups excluding carboxylic acids is 1. The second-order valence-electron chi connectivity index (χ2n) is 7.55. The standard InChI is InChI=1S/C20H26O4/c1-19(12-6-3-7-13-19)20(18(22)23)14-8-11-16(20)24-17(21)15-9-4-2-5-10-15/h2,4-5,9-10,16H,3,6-8,11-14H2,1H3,(H,22,23). The van der Waals surface area contributed by atoms with Gasteiger partial charge in [0.25, 0.3) is 0 Å². The Morgan fingerprint density at radius 1 is 1.04 bits per heavy atom. The average Bonchev–Trinajstić information content (AvgIpc) is 3.01. The van der Waals surface area contributed by atoms with Crippen molar-refractivity contribution in [3.8, 4) is 0 Å². The number of esters is 1. The lowest BCUT2D eigenvalue weighted by Gasteiger charge is -2.48. The molecule has 1 aromatic rings. The third-order valence-corrected chi connectivity index (χ3v) is 6.26. The zero-order chi connectivity index (χ0) is 17.2. The molecular weight excluding hydrogens is 304 g/mol. The first-order chi connectivity index (χ1) is 11.5. The number of carbonyl (C=O) groups is 2. The summed E-state index contributed by atoms with van der Waals surface area (Å²) < 4.78 is 5.77. The molecule has 0 bridgehead atoms. The minimum atomic E-state index is -0.947. The molecule has 2 fully saturated rings. The molecule has 2 aliphatic carbocycles. The van der Waals surface area contributed by atoms with E-state index in [1.807, 2.05) is 6.07 Å². The molecule has 3 rings (SSSR count). The van der Waals surface area contributed by atoms with Crippen LogP contribution < -0.4 is 0 Å². The Bertz CT molecular complexity index is 603. The van der Waals surface area contributed by atoms with Gasteiger partial charge < -0.3 is 9.84 Å². The molecule has 0 spiro atoms. The molecule has 2 unspecified atom stereocenters. The van der Waals surface area contributed by atoms with E-state index in [0.29, 0.717) is 18.4 Å². The van der Waals surface area contributed by atoms with Gasteiger partial charge >= 0.3 is 11.9 Å². The molecule has 2 atom stereocenters. The van der Waals surface area contributed by atoms with E-state index in [-0.39, 0.29) is 5.41 Å². The van der Waals surface area contributed by atoms with Crippen molar-refractivity contribution >= 4 is 11.9 Å². The van der Waals surface area contributed by atoms with Gasteiger partial charge in [-0.15, -0.1) is 0 Å². The fraction of sp³-hybridized carbons (Fsp3) is 0.600. The SMILES string of the molecule is CC1(C2(C(=O)O)CCCC2OC(=O)c2ccccc2)CCCCC1. The van der Waals surface area contributed by atoms with E-state index in [2.05, 4.69) is 6.92 Å². The number of carboxylic acids is 1. The summed E-state index contributed by atoms with van der Waals surface area (Å²) in [6.07, 6.45) is 6.60. The highest BCUT2D eigenvalue weighted by Gasteiger charge is 2.62. The summed E-state index contributed by atoms with van der Waals surface area (Å²) in [7, 11) is 0. The summed E-state index contributed by atoms with van der Waals surface area (Å²) in [5, 5.41) is 10.1. The van der Waals surface area contributed by atoms with Crippen molar-refractivity contribution in [3.63, 3.8) is 0 Å². The number of ether oxygens (including phenoxy) is 1. The molecule has 2 saturated carbocycles. The van der Waals surface area contributed by atoms with Crippen molar-refractivity contribution in [2.24, 2.45) is 10.8 Å². The van der Waals surface area contributed by atoms with Crippen LogP contribution in [0.5, 0.6) is 0 Å². The highest BCUT2D eigenvalue weighted by Crippen LogP contribution is 2.58. The quantitative estimate of drug-likeness (QED) is 0.829. The smallest absolute Gasteiger partial charge is 0.338 e. The highest BCUT2D eigenvalue weighted by atomic mass is 16.5. The second kappa shape index (κ2) is 6.58. The van der Waals surface area contributed by atoms with Crippen LogP contribution in [-0.2, 0) is 9.53 Å². The topological polar surface area (TPSA) is 63.6 Å². The summed E-state index contributed by atoms with van der Waals surface area (Å²) >= 11 is 0. The molecule has 0 heterocycles. The molecule has 24 heavy (non-hydrogen) atoms. The maximum Gasteiger partial charge on any atom is 0.338 e. The summed E-state index contributed by atoms with van der Waals surface area (Å²) in [5.74, 6) is -1.21. The Balaban J connectivity index is 1.88. The van der Waals surface area contributed by atoms with Crippen LogP contribution in [0.1, 0.15) is 68.6 Å².